The summed E-state index contributed by atoms with van der Waals surface area (Å²) >= 11 is 3.13. The number of nitrogens with one attached hydrogen (secondary N) is 1. The van der Waals surface area contributed by atoms with Gasteiger partial charge in [-0.3, -0.25) is 9.59 Å². The minimum Gasteiger partial charge on any atom is -0.494 e. The lowest BCUT2D eigenvalue weighted by atomic mass is 10.2. The van der Waals surface area contributed by atoms with Crippen LogP contribution in [0.3, 0.4) is 0 Å². The highest BCUT2D eigenvalue weighted by molar-refractivity contribution is 9.10. The summed E-state index contributed by atoms with van der Waals surface area (Å²) in [4.78, 5) is 24.8. The number of hydrogen-bond acceptors (Lipinski definition) is 4. The summed E-state index contributed by atoms with van der Waals surface area (Å²) in [6.07, 6.45) is 0. The Labute approximate surface area is 160 Å². The van der Waals surface area contributed by atoms with Gasteiger partial charge in [-0.1, -0.05) is 15.9 Å². The maximum absolute atomic E-state index is 14.0. The second-order valence-electron chi connectivity index (χ2n) is 5.37. The number of hydrogen-bond donors (Lipinski definition) is 1. The summed E-state index contributed by atoms with van der Waals surface area (Å²) in [5.74, 6) is -1.98. The van der Waals surface area contributed by atoms with E-state index in [2.05, 4.69) is 26.3 Å². The summed E-state index contributed by atoms with van der Waals surface area (Å²) < 4.78 is 33.6. The Bertz CT molecular complexity index is 1070. The molecule has 1 heterocycles. The molecule has 138 valence electrons. The number of anilines is 1. The van der Waals surface area contributed by atoms with Crippen molar-refractivity contribution in [1.82, 2.24) is 9.78 Å². The van der Waals surface area contributed by atoms with Crippen LogP contribution < -0.4 is 15.6 Å². The molecule has 0 radical (unpaired) electrons. The number of carbonyl (C=O) groups excluding carboxylic acids is 1. The Morgan fingerprint density at radius 3 is 2.48 bits per heavy atom. The van der Waals surface area contributed by atoms with Crippen molar-refractivity contribution in [2.24, 2.45) is 0 Å². The van der Waals surface area contributed by atoms with Crippen molar-refractivity contribution >= 4 is 27.5 Å². The molecule has 0 atom stereocenters. The third-order valence-corrected chi connectivity index (χ3v) is 4.08. The highest BCUT2D eigenvalue weighted by Gasteiger charge is 2.19. The highest BCUT2D eigenvalue weighted by atomic mass is 79.9. The molecule has 27 heavy (non-hydrogen) atoms. The van der Waals surface area contributed by atoms with Crippen LogP contribution in [-0.2, 0) is 0 Å². The van der Waals surface area contributed by atoms with Gasteiger partial charge in [0, 0.05) is 4.47 Å². The number of benzene rings is 2. The predicted octanol–water partition coefficient (Wildman–Crippen LogP) is 3.53. The predicted molar refractivity (Wildman–Crippen MR) is 98.4 cm³/mol. The van der Waals surface area contributed by atoms with Crippen LogP contribution in [0.2, 0.25) is 0 Å². The van der Waals surface area contributed by atoms with Gasteiger partial charge in [-0.2, -0.15) is 9.78 Å². The van der Waals surface area contributed by atoms with Gasteiger partial charge in [0.15, 0.2) is 11.4 Å². The van der Waals surface area contributed by atoms with Crippen LogP contribution in [-0.4, -0.2) is 22.8 Å². The van der Waals surface area contributed by atoms with Crippen molar-refractivity contribution in [2.45, 2.75) is 0 Å². The molecule has 0 fully saturated rings. The van der Waals surface area contributed by atoms with Gasteiger partial charge in [-0.15, -0.1) is 0 Å². The first-order valence-corrected chi connectivity index (χ1v) is 8.39. The van der Waals surface area contributed by atoms with Gasteiger partial charge < -0.3 is 10.1 Å². The van der Waals surface area contributed by atoms with Crippen LogP contribution in [0.15, 0.2) is 57.8 Å². The Morgan fingerprint density at radius 1 is 1.15 bits per heavy atom. The van der Waals surface area contributed by atoms with E-state index >= 15 is 0 Å². The van der Waals surface area contributed by atoms with Crippen molar-refractivity contribution in [3.63, 3.8) is 0 Å². The van der Waals surface area contributed by atoms with Crippen LogP contribution in [0, 0.1) is 11.6 Å². The average molecular weight is 436 g/mol. The van der Waals surface area contributed by atoms with Crippen LogP contribution in [0.4, 0.5) is 14.5 Å². The van der Waals surface area contributed by atoms with Crippen LogP contribution >= 0.6 is 15.9 Å². The van der Waals surface area contributed by atoms with Crippen LogP contribution in [0.5, 0.6) is 5.75 Å². The molecule has 2 aromatic carbocycles. The maximum atomic E-state index is 14.0. The summed E-state index contributed by atoms with van der Waals surface area (Å²) in [5, 5.41) is 6.38. The number of amides is 1. The number of nitrogens with zero attached hydrogens (tertiary/aromatic N) is 2. The zero-order valence-electron chi connectivity index (χ0n) is 13.9. The fourth-order valence-electron chi connectivity index (χ4n) is 2.29. The molecular weight excluding hydrogens is 424 g/mol. The van der Waals surface area contributed by atoms with E-state index in [0.717, 1.165) is 22.9 Å². The number of carbonyl (C=O) groups is 1. The van der Waals surface area contributed by atoms with E-state index in [-0.39, 0.29) is 22.8 Å². The first kappa shape index (κ1) is 18.7. The molecule has 0 aliphatic heterocycles. The average Bonchev–Trinajstić information content (AvgIpc) is 2.64. The second kappa shape index (κ2) is 7.67. The fourth-order valence-corrected chi connectivity index (χ4v) is 2.63. The Hall–Kier alpha value is -3.07. The molecule has 0 spiro atoms. The highest BCUT2D eigenvalue weighted by Crippen LogP contribution is 2.21. The third-order valence-electron chi connectivity index (χ3n) is 3.58. The number of rotatable bonds is 4. The minimum atomic E-state index is -0.774. The van der Waals surface area contributed by atoms with Gasteiger partial charge in [0.1, 0.15) is 11.6 Å². The molecule has 0 bridgehead atoms. The van der Waals surface area contributed by atoms with E-state index < -0.39 is 23.1 Å². The molecule has 6 nitrogen and oxygen atoms in total. The van der Waals surface area contributed by atoms with Crippen molar-refractivity contribution in [2.75, 3.05) is 12.4 Å². The van der Waals surface area contributed by atoms with Crippen LogP contribution in [0.25, 0.3) is 5.69 Å². The molecule has 3 rings (SSSR count). The molecular formula is C18H12BrF2N3O3. The topological polar surface area (TPSA) is 73.2 Å². The minimum absolute atomic E-state index is 0.0633. The lowest BCUT2D eigenvalue weighted by Crippen LogP contribution is -2.26. The Balaban J connectivity index is 2.02. The molecule has 1 amide bonds. The molecule has 0 saturated carbocycles. The maximum Gasteiger partial charge on any atom is 0.280 e. The number of aromatic nitrogens is 2. The van der Waals surface area contributed by atoms with Crippen molar-refractivity contribution < 1.29 is 18.3 Å². The molecule has 0 aliphatic carbocycles. The standard InChI is InChI=1S/C18H12BrF2N3O3/c1-27-15-9-16(25)24(12-5-3-11(20)4-6-12)23-17(15)18(26)22-14-7-2-10(19)8-13(14)21/h2-9H,1H3,(H,22,26). The molecule has 1 N–H and O–H groups in total. The van der Waals surface area contributed by atoms with E-state index in [0.29, 0.717) is 4.47 Å². The molecule has 9 heteroatoms. The van der Waals surface area contributed by atoms with E-state index in [9.17, 15) is 18.4 Å². The first-order valence-electron chi connectivity index (χ1n) is 7.60. The largest absolute Gasteiger partial charge is 0.494 e. The zero-order chi connectivity index (χ0) is 19.6. The smallest absolute Gasteiger partial charge is 0.280 e. The normalized spacial score (nSPS) is 10.5. The van der Waals surface area contributed by atoms with Gasteiger partial charge in [0.2, 0.25) is 0 Å². The Morgan fingerprint density at radius 2 is 1.85 bits per heavy atom. The molecule has 0 aliphatic rings. The second-order valence-corrected chi connectivity index (χ2v) is 6.28. The lowest BCUT2D eigenvalue weighted by Gasteiger charge is -2.12. The molecule has 3 aromatic rings. The number of ether oxygens (including phenoxy) is 1. The van der Waals surface area contributed by atoms with E-state index in [1.165, 1.54) is 31.4 Å². The van der Waals surface area contributed by atoms with Gasteiger partial charge >= 0.3 is 0 Å². The number of halogens is 3. The van der Waals surface area contributed by atoms with Crippen molar-refractivity contribution in [1.29, 1.82) is 0 Å². The summed E-state index contributed by atoms with van der Waals surface area (Å²) in [6, 6.07) is 10.2. The first-order chi connectivity index (χ1) is 12.9. The third kappa shape index (κ3) is 4.03. The summed E-state index contributed by atoms with van der Waals surface area (Å²) in [7, 11) is 1.27. The van der Waals surface area contributed by atoms with E-state index in [1.807, 2.05) is 0 Å². The SMILES string of the molecule is COc1cc(=O)n(-c2ccc(F)cc2)nc1C(=O)Nc1ccc(Br)cc1F. The zero-order valence-corrected chi connectivity index (χ0v) is 15.5. The molecule has 0 unspecified atom stereocenters. The van der Waals surface area contributed by atoms with Gasteiger partial charge in [0.25, 0.3) is 11.5 Å². The lowest BCUT2D eigenvalue weighted by molar-refractivity contribution is 0.101. The Kier molecular flexibility index (Phi) is 5.31. The number of methoxy groups -OCH3 is 1. The van der Waals surface area contributed by atoms with Crippen LogP contribution in [0.1, 0.15) is 10.5 Å². The summed E-state index contributed by atoms with van der Waals surface area (Å²) in [5.41, 5.74) is -0.618. The quantitative estimate of drug-likeness (QED) is 0.680. The van der Waals surface area contributed by atoms with Crippen molar-refractivity contribution in [3.05, 3.63) is 80.7 Å². The van der Waals surface area contributed by atoms with Gasteiger partial charge in [-0.05, 0) is 42.5 Å². The molecule has 0 saturated heterocycles. The summed E-state index contributed by atoms with van der Waals surface area (Å²) in [6.45, 7) is 0. The van der Waals surface area contributed by atoms with Crippen molar-refractivity contribution in [3.8, 4) is 11.4 Å². The van der Waals surface area contributed by atoms with E-state index in [4.69, 9.17) is 4.74 Å². The van der Waals surface area contributed by atoms with Gasteiger partial charge in [-0.25, -0.2) is 8.78 Å². The monoisotopic (exact) mass is 435 g/mol. The van der Waals surface area contributed by atoms with E-state index in [1.54, 1.807) is 6.07 Å². The van der Waals surface area contributed by atoms with Gasteiger partial charge in [0.05, 0.1) is 24.6 Å². The molecule has 1 aromatic heterocycles. The fraction of sp³-hybridized carbons (Fsp3) is 0.0556.